The predicted molar refractivity (Wildman–Crippen MR) is 164 cm³/mol. The molecule has 0 radical (unpaired) electrons. The van der Waals surface area contributed by atoms with Crippen LogP contribution in [0.25, 0.3) is 11.1 Å². The zero-order valence-electron chi connectivity index (χ0n) is 25.8. The molecule has 1 saturated carbocycles. The minimum absolute atomic E-state index is 0.00220. The molecule has 256 valence electrons. The highest BCUT2D eigenvalue weighted by Gasteiger charge is 2.49. The van der Waals surface area contributed by atoms with E-state index in [9.17, 15) is 36.0 Å². The lowest BCUT2D eigenvalue weighted by Crippen LogP contribution is -2.47. The number of aromatic nitrogens is 2. The van der Waals surface area contributed by atoms with Crippen molar-refractivity contribution in [3.05, 3.63) is 72.3 Å². The molecular weight excluding hydrogens is 660 g/mol. The lowest BCUT2D eigenvalue weighted by molar-refractivity contribution is -0.144. The first kappa shape index (κ1) is 34.6. The zero-order chi connectivity index (χ0) is 34.8. The number of nitrogens with zero attached hydrogens (tertiary/aromatic N) is 2. The molecule has 0 aliphatic heterocycles. The van der Waals surface area contributed by atoms with Gasteiger partial charge in [-0.2, -0.15) is 18.3 Å². The summed E-state index contributed by atoms with van der Waals surface area (Å²) in [6.07, 6.45) is 8.52. The highest BCUT2D eigenvalue weighted by molar-refractivity contribution is 7.92. The molecule has 0 saturated heterocycles. The Morgan fingerprint density at radius 3 is 2.56 bits per heavy atom. The number of fused-ring (bicyclic) bond motifs is 2. The molecule has 16 heteroatoms. The number of sulfone groups is 1. The van der Waals surface area contributed by atoms with Crippen LogP contribution in [0.15, 0.2) is 65.8 Å². The molecule has 1 heterocycles. The van der Waals surface area contributed by atoms with Gasteiger partial charge in [-0.05, 0) is 48.9 Å². The third kappa shape index (κ3) is 7.07. The normalized spacial score (nSPS) is 20.0. The summed E-state index contributed by atoms with van der Waals surface area (Å²) in [4.78, 5) is 38.2. The van der Waals surface area contributed by atoms with E-state index in [0.717, 1.165) is 30.7 Å². The smallest absolute Gasteiger partial charge is 0.496 e. The minimum atomic E-state index is -5.65. The number of esters is 1. The molecule has 0 unspecified atom stereocenters. The number of halogens is 4. The molecule has 2 aromatic carbocycles. The fourth-order valence-corrected chi connectivity index (χ4v) is 6.73. The molecule has 1 fully saturated rings. The lowest BCUT2D eigenvalue weighted by Gasteiger charge is -2.28. The predicted octanol–water partition coefficient (Wildman–Crippen LogP) is 4.89. The molecule has 2 N–H and O–H groups in total. The number of nitrogens with one attached hydrogen (secondary N) is 2. The molecule has 3 aromatic rings. The summed E-state index contributed by atoms with van der Waals surface area (Å²) < 4.78 is 90.0. The number of methoxy groups -OCH3 is 1. The van der Waals surface area contributed by atoms with Crippen molar-refractivity contribution in [3.63, 3.8) is 0 Å². The third-order valence-corrected chi connectivity index (χ3v) is 9.79. The number of hydrogen-bond donors (Lipinski definition) is 2. The van der Waals surface area contributed by atoms with E-state index in [1.165, 1.54) is 36.3 Å². The maximum Gasteiger partial charge on any atom is 0.501 e. The highest BCUT2D eigenvalue weighted by Crippen LogP contribution is 2.45. The van der Waals surface area contributed by atoms with Crippen LogP contribution in [0.4, 0.5) is 23.2 Å². The number of carbonyl (C=O) groups excluding carboxylic acids is 3. The van der Waals surface area contributed by atoms with Gasteiger partial charge in [-0.25, -0.2) is 12.8 Å². The van der Waals surface area contributed by atoms with Gasteiger partial charge in [0.15, 0.2) is 0 Å². The topological polar surface area (TPSA) is 146 Å². The van der Waals surface area contributed by atoms with E-state index < -0.39 is 55.8 Å². The maximum absolute atomic E-state index is 15.2. The number of benzene rings is 2. The first-order valence-corrected chi connectivity index (χ1v) is 16.5. The molecule has 4 atom stereocenters. The maximum atomic E-state index is 15.2. The average Bonchev–Trinajstić information content (AvgIpc) is 3.78. The van der Waals surface area contributed by atoms with E-state index in [2.05, 4.69) is 15.7 Å². The summed E-state index contributed by atoms with van der Waals surface area (Å²) in [5, 5.41) is 9.44. The average molecular weight is 693 g/mol. The van der Waals surface area contributed by atoms with Gasteiger partial charge in [0.2, 0.25) is 5.91 Å². The number of alkyl halides is 3. The Morgan fingerprint density at radius 2 is 1.85 bits per heavy atom. The van der Waals surface area contributed by atoms with Gasteiger partial charge in [0.25, 0.3) is 15.7 Å². The van der Waals surface area contributed by atoms with Crippen LogP contribution in [0.1, 0.15) is 36.5 Å². The summed E-state index contributed by atoms with van der Waals surface area (Å²) >= 11 is 0. The van der Waals surface area contributed by atoms with E-state index in [0.29, 0.717) is 12.8 Å². The van der Waals surface area contributed by atoms with Gasteiger partial charge in [-0.1, -0.05) is 31.6 Å². The standard InChI is InChI=1S/C32H32F4N4O7S/c1-3-4-10-47-27(41)17-40-16-20(15-37-40)23-13-24(26(46-2)14-25(23)33)30(42)39-29-19-9-8-18(11-19)28(29)31(43)38-21-6-5-7-22(12-21)48(44,45)32(34,35)36/h5-9,12-16,18-19,28-29H,3-4,10-11,17H2,1-2H3,(H,38,43)(H,39,42)/t18-,19+,28+,29-/m1/s1. The number of allylic oxidation sites excluding steroid dienone is 1. The third-order valence-electron chi connectivity index (χ3n) is 8.31. The van der Waals surface area contributed by atoms with Crippen LogP contribution >= 0.6 is 0 Å². The van der Waals surface area contributed by atoms with Gasteiger partial charge in [0, 0.05) is 35.1 Å². The first-order valence-electron chi connectivity index (χ1n) is 15.0. The van der Waals surface area contributed by atoms with Gasteiger partial charge in [-0.15, -0.1) is 0 Å². The number of amides is 2. The second-order valence-electron chi connectivity index (χ2n) is 11.5. The Hall–Kier alpha value is -4.73. The Balaban J connectivity index is 1.34. The molecule has 1 aromatic heterocycles. The van der Waals surface area contributed by atoms with Crippen LogP contribution in [0.2, 0.25) is 0 Å². The SMILES string of the molecule is CCCCOC(=O)Cn1cc(-c2cc(C(=O)N[C@H]3[C@@H](C(=O)Nc4cccc(S(=O)(=O)C(F)(F)F)c4)[C@@H]4C=C[C@H]3C4)c(OC)cc2F)cn1. The summed E-state index contributed by atoms with van der Waals surface area (Å²) in [5.74, 6) is -4.04. The Morgan fingerprint density at radius 1 is 1.10 bits per heavy atom. The van der Waals surface area contributed by atoms with Crippen molar-refractivity contribution in [1.82, 2.24) is 15.1 Å². The van der Waals surface area contributed by atoms with Crippen LogP contribution in [-0.2, 0) is 30.7 Å². The molecule has 2 bridgehead atoms. The molecule has 48 heavy (non-hydrogen) atoms. The van der Waals surface area contributed by atoms with E-state index in [1.807, 2.05) is 19.1 Å². The monoisotopic (exact) mass is 692 g/mol. The Bertz CT molecular complexity index is 1860. The number of rotatable bonds is 12. The van der Waals surface area contributed by atoms with Gasteiger partial charge in [0.1, 0.15) is 18.1 Å². The van der Waals surface area contributed by atoms with Crippen LogP contribution in [0.5, 0.6) is 5.75 Å². The summed E-state index contributed by atoms with van der Waals surface area (Å²) in [7, 11) is -4.38. The largest absolute Gasteiger partial charge is 0.501 e. The number of hydrogen-bond acceptors (Lipinski definition) is 8. The second kappa shape index (κ2) is 13.8. The molecule has 0 spiro atoms. The lowest BCUT2D eigenvalue weighted by atomic mass is 9.87. The van der Waals surface area contributed by atoms with Crippen LogP contribution in [0, 0.1) is 23.6 Å². The van der Waals surface area contributed by atoms with Gasteiger partial charge in [0.05, 0.1) is 36.3 Å². The van der Waals surface area contributed by atoms with Crippen LogP contribution in [-0.4, -0.2) is 61.2 Å². The van der Waals surface area contributed by atoms with Gasteiger partial charge < -0.3 is 20.1 Å². The van der Waals surface area contributed by atoms with Crippen molar-refractivity contribution in [1.29, 1.82) is 0 Å². The van der Waals surface area contributed by atoms with Crippen molar-refractivity contribution in [2.75, 3.05) is 19.0 Å². The molecule has 5 rings (SSSR count). The van der Waals surface area contributed by atoms with Gasteiger partial charge >= 0.3 is 11.5 Å². The van der Waals surface area contributed by atoms with Crippen molar-refractivity contribution in [2.45, 2.75) is 49.2 Å². The molecule has 11 nitrogen and oxygen atoms in total. The molecule has 2 amide bonds. The Labute approximate surface area is 273 Å². The zero-order valence-corrected chi connectivity index (χ0v) is 26.6. The van der Waals surface area contributed by atoms with E-state index in [4.69, 9.17) is 9.47 Å². The van der Waals surface area contributed by atoms with Crippen LogP contribution < -0.4 is 15.4 Å². The van der Waals surface area contributed by atoms with Crippen molar-refractivity contribution in [3.8, 4) is 16.9 Å². The fourth-order valence-electron chi connectivity index (χ4n) is 5.93. The molecule has 2 aliphatic carbocycles. The summed E-state index contributed by atoms with van der Waals surface area (Å²) in [5.41, 5.74) is -5.45. The second-order valence-corrected chi connectivity index (χ2v) is 13.4. The number of ether oxygens (including phenoxy) is 2. The minimum Gasteiger partial charge on any atom is -0.496 e. The van der Waals surface area contributed by atoms with E-state index in [1.54, 1.807) is 0 Å². The quantitative estimate of drug-likeness (QED) is 0.118. The number of unbranched alkanes of at least 4 members (excludes halogenated alkanes) is 1. The highest BCUT2D eigenvalue weighted by atomic mass is 32.2. The fraction of sp³-hybridized carbons (Fsp3) is 0.375. The summed E-state index contributed by atoms with van der Waals surface area (Å²) in [6, 6.07) is 5.39. The molecular formula is C32H32F4N4O7S. The van der Waals surface area contributed by atoms with Gasteiger partial charge in [-0.3, -0.25) is 19.1 Å². The summed E-state index contributed by atoms with van der Waals surface area (Å²) in [6.45, 7) is 2.04. The van der Waals surface area contributed by atoms with Crippen molar-refractivity contribution >= 4 is 33.3 Å². The van der Waals surface area contributed by atoms with Crippen LogP contribution in [0.3, 0.4) is 0 Å². The van der Waals surface area contributed by atoms with E-state index in [-0.39, 0.29) is 53.1 Å². The van der Waals surface area contributed by atoms with Crippen molar-refractivity contribution in [2.24, 2.45) is 17.8 Å². The molecule has 2 aliphatic rings. The van der Waals surface area contributed by atoms with Crippen molar-refractivity contribution < 1.29 is 49.8 Å². The Kier molecular flexibility index (Phi) is 9.94. The number of carbonyl (C=O) groups is 3. The number of anilines is 1. The first-order chi connectivity index (χ1) is 22.7. The van der Waals surface area contributed by atoms with E-state index >= 15 is 4.39 Å².